The minimum Gasteiger partial charge on any atom is -0.338 e. The zero-order chi connectivity index (χ0) is 14.4. The summed E-state index contributed by atoms with van der Waals surface area (Å²) in [5.41, 5.74) is 0.949. The van der Waals surface area contributed by atoms with Gasteiger partial charge in [0.2, 0.25) is 5.91 Å². The molecule has 3 nitrogen and oxygen atoms in total. The van der Waals surface area contributed by atoms with Crippen molar-refractivity contribution in [3.63, 3.8) is 0 Å². The molecule has 1 amide bonds. The number of hydrogen-bond acceptors (Lipinski definition) is 2. The molecule has 4 heteroatoms. The standard InChI is InChI=1S/C16H23FN2O/c1-18-12-16(20)19(15-7-2-3-8-15)10-9-13-5-4-6-14(17)11-13/h4-6,11,15,18H,2-3,7-10,12H2,1H3. The number of rotatable bonds is 6. The maximum absolute atomic E-state index is 13.2. The monoisotopic (exact) mass is 278 g/mol. The summed E-state index contributed by atoms with van der Waals surface area (Å²) in [5, 5.41) is 2.93. The Labute approximate surface area is 120 Å². The van der Waals surface area contributed by atoms with Gasteiger partial charge in [0.25, 0.3) is 0 Å². The van der Waals surface area contributed by atoms with Crippen molar-refractivity contribution in [3.05, 3.63) is 35.6 Å². The summed E-state index contributed by atoms with van der Waals surface area (Å²) in [6.07, 6.45) is 5.31. The molecule has 0 heterocycles. The molecule has 110 valence electrons. The Morgan fingerprint density at radius 3 is 2.80 bits per heavy atom. The van der Waals surface area contributed by atoms with Crippen molar-refractivity contribution in [2.75, 3.05) is 20.1 Å². The van der Waals surface area contributed by atoms with Gasteiger partial charge in [-0.2, -0.15) is 0 Å². The van der Waals surface area contributed by atoms with Gasteiger partial charge in [0.15, 0.2) is 0 Å². The van der Waals surface area contributed by atoms with Crippen LogP contribution in [0.3, 0.4) is 0 Å². The van der Waals surface area contributed by atoms with E-state index in [1.807, 2.05) is 11.0 Å². The summed E-state index contributed by atoms with van der Waals surface area (Å²) in [5.74, 6) is -0.0627. The zero-order valence-corrected chi connectivity index (χ0v) is 12.1. The third kappa shape index (κ3) is 4.04. The van der Waals surface area contributed by atoms with Crippen molar-refractivity contribution < 1.29 is 9.18 Å². The quantitative estimate of drug-likeness (QED) is 0.866. The number of likely N-dealkylation sites (N-methyl/N-ethyl adjacent to an activating group) is 1. The smallest absolute Gasteiger partial charge is 0.236 e. The number of hydrogen-bond donors (Lipinski definition) is 1. The van der Waals surface area contributed by atoms with Crippen molar-refractivity contribution in [2.45, 2.75) is 38.1 Å². The normalized spacial score (nSPS) is 15.5. The first-order valence-electron chi connectivity index (χ1n) is 7.39. The average Bonchev–Trinajstić information content (AvgIpc) is 2.93. The lowest BCUT2D eigenvalue weighted by molar-refractivity contribution is -0.132. The van der Waals surface area contributed by atoms with Crippen LogP contribution in [0.4, 0.5) is 4.39 Å². The third-order valence-corrected chi connectivity index (χ3v) is 3.94. The van der Waals surface area contributed by atoms with Gasteiger partial charge in [-0.3, -0.25) is 4.79 Å². The van der Waals surface area contributed by atoms with Crippen LogP contribution in [0, 0.1) is 5.82 Å². The molecule has 0 atom stereocenters. The lowest BCUT2D eigenvalue weighted by Gasteiger charge is -2.29. The number of benzene rings is 1. The van der Waals surface area contributed by atoms with Gasteiger partial charge in [-0.1, -0.05) is 25.0 Å². The van der Waals surface area contributed by atoms with Gasteiger partial charge in [-0.15, -0.1) is 0 Å². The van der Waals surface area contributed by atoms with E-state index >= 15 is 0 Å². The molecule has 0 spiro atoms. The highest BCUT2D eigenvalue weighted by molar-refractivity contribution is 5.78. The first-order valence-corrected chi connectivity index (χ1v) is 7.39. The Morgan fingerprint density at radius 2 is 2.15 bits per heavy atom. The van der Waals surface area contributed by atoms with Gasteiger partial charge in [0, 0.05) is 12.6 Å². The highest BCUT2D eigenvalue weighted by atomic mass is 19.1. The van der Waals surface area contributed by atoms with Crippen molar-refractivity contribution in [3.8, 4) is 0 Å². The van der Waals surface area contributed by atoms with Crippen LogP contribution in [0.2, 0.25) is 0 Å². The Kier molecular flexibility index (Phi) is 5.53. The third-order valence-electron chi connectivity index (χ3n) is 3.94. The van der Waals surface area contributed by atoms with Crippen LogP contribution in [0.5, 0.6) is 0 Å². The van der Waals surface area contributed by atoms with E-state index in [1.54, 1.807) is 19.2 Å². The summed E-state index contributed by atoms with van der Waals surface area (Å²) < 4.78 is 13.2. The molecule has 1 saturated carbocycles. The summed E-state index contributed by atoms with van der Waals surface area (Å²) >= 11 is 0. The Bertz CT molecular complexity index is 444. The van der Waals surface area contributed by atoms with Crippen LogP contribution in [0.15, 0.2) is 24.3 Å². The molecule has 1 aliphatic carbocycles. The molecule has 2 rings (SSSR count). The van der Waals surface area contributed by atoms with Crippen LogP contribution in [-0.4, -0.2) is 37.0 Å². The molecule has 0 aliphatic heterocycles. The maximum atomic E-state index is 13.2. The molecule has 0 aromatic heterocycles. The van der Waals surface area contributed by atoms with E-state index in [0.717, 1.165) is 18.4 Å². The highest BCUT2D eigenvalue weighted by Crippen LogP contribution is 2.23. The Morgan fingerprint density at radius 1 is 1.40 bits per heavy atom. The molecular weight excluding hydrogens is 255 g/mol. The molecule has 1 fully saturated rings. The van der Waals surface area contributed by atoms with E-state index in [1.165, 1.54) is 18.9 Å². The molecule has 0 bridgehead atoms. The molecule has 20 heavy (non-hydrogen) atoms. The van der Waals surface area contributed by atoms with E-state index < -0.39 is 0 Å². The first kappa shape index (κ1) is 15.0. The van der Waals surface area contributed by atoms with Crippen molar-refractivity contribution in [1.29, 1.82) is 0 Å². The highest BCUT2D eigenvalue weighted by Gasteiger charge is 2.25. The van der Waals surface area contributed by atoms with Crippen molar-refractivity contribution in [2.24, 2.45) is 0 Å². The van der Waals surface area contributed by atoms with Crippen LogP contribution in [-0.2, 0) is 11.2 Å². The minimum absolute atomic E-state index is 0.149. The fourth-order valence-electron chi connectivity index (χ4n) is 2.92. The van der Waals surface area contributed by atoms with E-state index in [0.29, 0.717) is 25.6 Å². The number of nitrogens with one attached hydrogen (secondary N) is 1. The minimum atomic E-state index is -0.212. The summed E-state index contributed by atoms with van der Waals surface area (Å²) in [7, 11) is 1.79. The second-order valence-corrected chi connectivity index (χ2v) is 5.44. The molecule has 0 radical (unpaired) electrons. The summed E-state index contributed by atoms with van der Waals surface area (Å²) in [4.78, 5) is 14.2. The molecule has 1 aromatic carbocycles. The number of amides is 1. The summed E-state index contributed by atoms with van der Waals surface area (Å²) in [6, 6.07) is 7.00. The van der Waals surface area contributed by atoms with E-state index in [-0.39, 0.29) is 11.7 Å². The van der Waals surface area contributed by atoms with Gasteiger partial charge in [0.05, 0.1) is 6.54 Å². The maximum Gasteiger partial charge on any atom is 0.236 e. The average molecular weight is 278 g/mol. The predicted molar refractivity (Wildman–Crippen MR) is 78.0 cm³/mol. The lowest BCUT2D eigenvalue weighted by Crippen LogP contribution is -2.44. The second-order valence-electron chi connectivity index (χ2n) is 5.44. The fourth-order valence-corrected chi connectivity index (χ4v) is 2.92. The van der Waals surface area contributed by atoms with Gasteiger partial charge in [-0.05, 0) is 44.0 Å². The second kappa shape index (κ2) is 7.39. The van der Waals surface area contributed by atoms with E-state index in [9.17, 15) is 9.18 Å². The molecule has 1 aliphatic rings. The predicted octanol–water partition coefficient (Wildman–Crippen LogP) is 2.36. The van der Waals surface area contributed by atoms with E-state index in [4.69, 9.17) is 0 Å². The van der Waals surface area contributed by atoms with Crippen LogP contribution in [0.25, 0.3) is 0 Å². The number of halogens is 1. The number of nitrogens with zero attached hydrogens (tertiary/aromatic N) is 1. The molecule has 0 unspecified atom stereocenters. The van der Waals surface area contributed by atoms with E-state index in [2.05, 4.69) is 5.32 Å². The van der Waals surface area contributed by atoms with Crippen LogP contribution in [0.1, 0.15) is 31.2 Å². The fraction of sp³-hybridized carbons (Fsp3) is 0.562. The van der Waals surface area contributed by atoms with Crippen LogP contribution < -0.4 is 5.32 Å². The molecule has 0 saturated heterocycles. The van der Waals surface area contributed by atoms with Gasteiger partial charge in [-0.25, -0.2) is 4.39 Å². The van der Waals surface area contributed by atoms with Gasteiger partial charge < -0.3 is 10.2 Å². The topological polar surface area (TPSA) is 32.3 Å². The number of carbonyl (C=O) groups excluding carboxylic acids is 1. The van der Waals surface area contributed by atoms with Crippen LogP contribution >= 0.6 is 0 Å². The largest absolute Gasteiger partial charge is 0.338 e. The SMILES string of the molecule is CNCC(=O)N(CCc1cccc(F)c1)C1CCCC1. The Hall–Kier alpha value is -1.42. The molecular formula is C16H23FN2O. The first-order chi connectivity index (χ1) is 9.70. The number of carbonyl (C=O) groups is 1. The molecule has 1 N–H and O–H groups in total. The van der Waals surface area contributed by atoms with Gasteiger partial charge >= 0.3 is 0 Å². The van der Waals surface area contributed by atoms with Crippen molar-refractivity contribution >= 4 is 5.91 Å². The lowest BCUT2D eigenvalue weighted by atomic mass is 10.1. The summed E-state index contributed by atoms with van der Waals surface area (Å²) in [6.45, 7) is 1.05. The Balaban J connectivity index is 1.98. The van der Waals surface area contributed by atoms with Crippen molar-refractivity contribution in [1.82, 2.24) is 10.2 Å². The molecule has 1 aromatic rings. The van der Waals surface area contributed by atoms with Gasteiger partial charge in [0.1, 0.15) is 5.82 Å². The zero-order valence-electron chi connectivity index (χ0n) is 12.1.